The Morgan fingerprint density at radius 2 is 1.90 bits per heavy atom. The van der Waals surface area contributed by atoms with Gasteiger partial charge in [-0.2, -0.15) is 4.31 Å². The van der Waals surface area contributed by atoms with Gasteiger partial charge in [0, 0.05) is 20.0 Å². The fourth-order valence-corrected chi connectivity index (χ4v) is 3.33. The number of carbonyl (C=O) groups excluding carboxylic acids is 1. The van der Waals surface area contributed by atoms with E-state index in [1.165, 1.54) is 36.5 Å². The van der Waals surface area contributed by atoms with Crippen LogP contribution in [0, 0.1) is 0 Å². The van der Waals surface area contributed by atoms with E-state index in [2.05, 4.69) is 5.32 Å². The molecule has 0 heterocycles. The van der Waals surface area contributed by atoms with Gasteiger partial charge < -0.3 is 10.1 Å². The van der Waals surface area contributed by atoms with Gasteiger partial charge in [0.1, 0.15) is 5.75 Å². The molecule has 0 spiro atoms. The maximum absolute atomic E-state index is 12.4. The van der Waals surface area contributed by atoms with Gasteiger partial charge in [0.25, 0.3) is 0 Å². The largest absolute Gasteiger partial charge is 0.495 e. The number of hydrogen-bond acceptors (Lipinski definition) is 4. The zero-order chi connectivity index (χ0) is 15.3. The van der Waals surface area contributed by atoms with Crippen molar-refractivity contribution in [2.75, 3.05) is 25.5 Å². The van der Waals surface area contributed by atoms with Gasteiger partial charge in [0.2, 0.25) is 15.9 Å². The van der Waals surface area contributed by atoms with Gasteiger partial charge in [-0.15, -0.1) is 0 Å². The zero-order valence-corrected chi connectivity index (χ0v) is 13.0. The SMILES string of the molecule is CCN(CC)S(=O)(=O)c1ccc(OC)c(NC(C)=O)c1. The van der Waals surface area contributed by atoms with Crippen molar-refractivity contribution >= 4 is 21.6 Å². The van der Waals surface area contributed by atoms with E-state index in [0.717, 1.165) is 0 Å². The van der Waals surface area contributed by atoms with Gasteiger partial charge in [-0.1, -0.05) is 13.8 Å². The highest BCUT2D eigenvalue weighted by molar-refractivity contribution is 7.89. The predicted octanol–water partition coefficient (Wildman–Crippen LogP) is 1.68. The molecule has 0 saturated carbocycles. The summed E-state index contributed by atoms with van der Waals surface area (Å²) >= 11 is 0. The summed E-state index contributed by atoms with van der Waals surface area (Å²) in [5.41, 5.74) is 0.341. The van der Waals surface area contributed by atoms with Crippen LogP contribution in [0.2, 0.25) is 0 Å². The Bertz CT molecular complexity index is 580. The first-order valence-corrected chi connectivity index (χ1v) is 7.76. The molecule has 0 aromatic heterocycles. The second kappa shape index (κ2) is 6.71. The van der Waals surface area contributed by atoms with Crippen LogP contribution in [0.3, 0.4) is 0 Å². The van der Waals surface area contributed by atoms with E-state index in [0.29, 0.717) is 24.5 Å². The summed E-state index contributed by atoms with van der Waals surface area (Å²) in [5, 5.41) is 2.56. The van der Waals surface area contributed by atoms with Crippen molar-refractivity contribution in [2.24, 2.45) is 0 Å². The van der Waals surface area contributed by atoms with Crippen LogP contribution in [0.5, 0.6) is 5.75 Å². The lowest BCUT2D eigenvalue weighted by atomic mass is 10.3. The third-order valence-electron chi connectivity index (χ3n) is 2.82. The molecule has 20 heavy (non-hydrogen) atoms. The minimum Gasteiger partial charge on any atom is -0.495 e. The van der Waals surface area contributed by atoms with Crippen LogP contribution in [0.1, 0.15) is 20.8 Å². The molecule has 1 N–H and O–H groups in total. The quantitative estimate of drug-likeness (QED) is 0.867. The third kappa shape index (κ3) is 3.49. The van der Waals surface area contributed by atoms with E-state index >= 15 is 0 Å². The monoisotopic (exact) mass is 300 g/mol. The molecule has 112 valence electrons. The molecule has 0 saturated heterocycles. The maximum atomic E-state index is 12.4. The molecule has 0 unspecified atom stereocenters. The Morgan fingerprint density at radius 1 is 1.30 bits per heavy atom. The number of ether oxygens (including phenoxy) is 1. The number of anilines is 1. The number of rotatable bonds is 6. The topological polar surface area (TPSA) is 75.7 Å². The molecule has 0 radical (unpaired) electrons. The van der Waals surface area contributed by atoms with E-state index in [1.54, 1.807) is 13.8 Å². The molecular formula is C13H20N2O4S. The molecule has 0 fully saturated rings. The molecule has 1 rings (SSSR count). The lowest BCUT2D eigenvalue weighted by Gasteiger charge is -2.19. The number of amides is 1. The van der Waals surface area contributed by atoms with Crippen molar-refractivity contribution in [2.45, 2.75) is 25.7 Å². The molecule has 0 aliphatic rings. The molecule has 1 amide bonds. The zero-order valence-electron chi connectivity index (χ0n) is 12.1. The first kappa shape index (κ1) is 16.5. The third-order valence-corrected chi connectivity index (χ3v) is 4.87. The van der Waals surface area contributed by atoms with Crippen molar-refractivity contribution in [3.05, 3.63) is 18.2 Å². The van der Waals surface area contributed by atoms with Gasteiger partial charge in [0.15, 0.2) is 0 Å². The van der Waals surface area contributed by atoms with Gasteiger partial charge in [-0.25, -0.2) is 8.42 Å². The summed E-state index contributed by atoms with van der Waals surface area (Å²) in [4.78, 5) is 11.3. The molecule has 0 atom stereocenters. The number of nitrogens with one attached hydrogen (secondary N) is 1. The van der Waals surface area contributed by atoms with Gasteiger partial charge in [-0.3, -0.25) is 4.79 Å². The van der Waals surface area contributed by atoms with Gasteiger partial charge in [0.05, 0.1) is 17.7 Å². The fourth-order valence-electron chi connectivity index (χ4n) is 1.85. The first-order valence-electron chi connectivity index (χ1n) is 6.32. The van der Waals surface area contributed by atoms with Crippen molar-refractivity contribution < 1.29 is 17.9 Å². The second-order valence-corrected chi connectivity index (χ2v) is 6.07. The van der Waals surface area contributed by atoms with Crippen molar-refractivity contribution in [1.82, 2.24) is 4.31 Å². The van der Waals surface area contributed by atoms with Crippen LogP contribution < -0.4 is 10.1 Å². The summed E-state index contributed by atoms with van der Waals surface area (Å²) in [5.74, 6) is 0.124. The van der Waals surface area contributed by atoms with E-state index in [4.69, 9.17) is 4.74 Å². The average molecular weight is 300 g/mol. The average Bonchev–Trinajstić information content (AvgIpc) is 2.39. The molecule has 1 aromatic carbocycles. The number of carbonyl (C=O) groups is 1. The maximum Gasteiger partial charge on any atom is 0.243 e. The van der Waals surface area contributed by atoms with Crippen LogP contribution in [0.15, 0.2) is 23.1 Å². The molecule has 0 aliphatic carbocycles. The Kier molecular flexibility index (Phi) is 5.52. The van der Waals surface area contributed by atoms with Gasteiger partial charge in [-0.05, 0) is 18.2 Å². The highest BCUT2D eigenvalue weighted by Gasteiger charge is 2.22. The van der Waals surface area contributed by atoms with Gasteiger partial charge >= 0.3 is 0 Å². The molecule has 1 aromatic rings. The predicted molar refractivity (Wildman–Crippen MR) is 77.4 cm³/mol. The molecule has 0 bridgehead atoms. The highest BCUT2D eigenvalue weighted by Crippen LogP contribution is 2.28. The fraction of sp³-hybridized carbons (Fsp3) is 0.462. The lowest BCUT2D eigenvalue weighted by Crippen LogP contribution is -2.30. The van der Waals surface area contributed by atoms with E-state index < -0.39 is 10.0 Å². The minimum absolute atomic E-state index is 0.130. The van der Waals surface area contributed by atoms with Crippen LogP contribution in [-0.2, 0) is 14.8 Å². The normalized spacial score (nSPS) is 11.4. The Hall–Kier alpha value is -1.60. The molecule has 7 heteroatoms. The number of benzene rings is 1. The minimum atomic E-state index is -3.56. The Balaban J connectivity index is 3.30. The number of nitrogens with zero attached hydrogens (tertiary/aromatic N) is 1. The number of hydrogen-bond donors (Lipinski definition) is 1. The van der Waals surface area contributed by atoms with Crippen LogP contribution in [0.4, 0.5) is 5.69 Å². The summed E-state index contributed by atoms with van der Waals surface area (Å²) < 4.78 is 31.3. The Morgan fingerprint density at radius 3 is 2.35 bits per heavy atom. The molecular weight excluding hydrogens is 280 g/mol. The van der Waals surface area contributed by atoms with E-state index in [-0.39, 0.29) is 10.8 Å². The number of sulfonamides is 1. The lowest BCUT2D eigenvalue weighted by molar-refractivity contribution is -0.114. The summed E-state index contributed by atoms with van der Waals surface area (Å²) in [6, 6.07) is 4.41. The standard InChI is InChI=1S/C13H20N2O4S/c1-5-15(6-2)20(17,18)11-7-8-13(19-4)12(9-11)14-10(3)16/h7-9H,5-6H2,1-4H3,(H,14,16). The number of methoxy groups -OCH3 is 1. The van der Waals surface area contributed by atoms with E-state index in [9.17, 15) is 13.2 Å². The van der Waals surface area contributed by atoms with Crippen molar-refractivity contribution in [3.8, 4) is 5.75 Å². The smallest absolute Gasteiger partial charge is 0.243 e. The summed E-state index contributed by atoms with van der Waals surface area (Å²) in [6.45, 7) is 5.68. The summed E-state index contributed by atoms with van der Waals surface area (Å²) in [7, 11) is -2.10. The van der Waals surface area contributed by atoms with Crippen LogP contribution in [-0.4, -0.2) is 38.8 Å². The van der Waals surface area contributed by atoms with Crippen LogP contribution in [0.25, 0.3) is 0 Å². The van der Waals surface area contributed by atoms with Crippen molar-refractivity contribution in [3.63, 3.8) is 0 Å². The molecule has 6 nitrogen and oxygen atoms in total. The highest BCUT2D eigenvalue weighted by atomic mass is 32.2. The summed E-state index contributed by atoms with van der Waals surface area (Å²) in [6.07, 6.45) is 0. The van der Waals surface area contributed by atoms with E-state index in [1.807, 2.05) is 0 Å². The Labute approximate surface area is 119 Å². The second-order valence-electron chi connectivity index (χ2n) is 4.13. The van der Waals surface area contributed by atoms with Crippen LogP contribution >= 0.6 is 0 Å². The molecule has 0 aliphatic heterocycles. The first-order chi connectivity index (χ1) is 9.36. The van der Waals surface area contributed by atoms with Crippen molar-refractivity contribution in [1.29, 1.82) is 0 Å².